The van der Waals surface area contributed by atoms with Crippen molar-refractivity contribution in [1.29, 1.82) is 0 Å². The largest absolute Gasteiger partial charge is 0.326 e. The molecule has 3 atom stereocenters. The Bertz CT molecular complexity index is 1010. The van der Waals surface area contributed by atoms with Crippen LogP contribution in [0.5, 0.6) is 0 Å². The Morgan fingerprint density at radius 1 is 1.06 bits per heavy atom. The van der Waals surface area contributed by atoms with E-state index in [0.717, 1.165) is 16.0 Å². The van der Waals surface area contributed by atoms with Crippen molar-refractivity contribution in [2.45, 2.75) is 51.6 Å². The number of imide groups is 1. The summed E-state index contributed by atoms with van der Waals surface area (Å²) >= 11 is 0. The summed E-state index contributed by atoms with van der Waals surface area (Å²) in [5.41, 5.74) is 4.06. The standard InChI is InChI=1S/C25H29N3O5/c1-3-16(2)22(23(30)27-33)28-24(31)20(26-25(28)32)14-11-17-9-12-19(13-10-17)21(29)15-18-7-5-4-6-8-18/h4-10,12-13,16,20,22,33H,3,11,14-15H2,1-2H3,(H,26,32)(H,27,30). The third-order valence-corrected chi connectivity index (χ3v) is 6.10. The quantitative estimate of drug-likeness (QED) is 0.222. The van der Waals surface area contributed by atoms with Gasteiger partial charge in [-0.25, -0.2) is 15.2 Å². The molecular formula is C25H29N3O5. The molecule has 0 saturated carbocycles. The molecule has 8 nitrogen and oxygen atoms in total. The van der Waals surface area contributed by atoms with E-state index in [2.05, 4.69) is 5.32 Å². The van der Waals surface area contributed by atoms with E-state index in [1.165, 1.54) is 0 Å². The van der Waals surface area contributed by atoms with Crippen molar-refractivity contribution >= 4 is 23.6 Å². The molecule has 0 bridgehead atoms. The van der Waals surface area contributed by atoms with Crippen LogP contribution in [-0.4, -0.2) is 45.8 Å². The van der Waals surface area contributed by atoms with Crippen LogP contribution in [0.2, 0.25) is 0 Å². The summed E-state index contributed by atoms with van der Waals surface area (Å²) in [7, 11) is 0. The maximum atomic E-state index is 12.9. The molecule has 2 aromatic carbocycles. The maximum absolute atomic E-state index is 12.9. The summed E-state index contributed by atoms with van der Waals surface area (Å²) in [4.78, 5) is 50.8. The van der Waals surface area contributed by atoms with Gasteiger partial charge >= 0.3 is 6.03 Å². The summed E-state index contributed by atoms with van der Waals surface area (Å²) < 4.78 is 0. The first-order valence-electron chi connectivity index (χ1n) is 11.1. The molecule has 3 rings (SSSR count). The first kappa shape index (κ1) is 24.1. The van der Waals surface area contributed by atoms with Crippen molar-refractivity contribution in [3.8, 4) is 0 Å². The molecule has 1 heterocycles. The maximum Gasteiger partial charge on any atom is 0.325 e. The highest BCUT2D eigenvalue weighted by Gasteiger charge is 2.45. The molecule has 0 aromatic heterocycles. The predicted molar refractivity (Wildman–Crippen MR) is 122 cm³/mol. The van der Waals surface area contributed by atoms with Crippen LogP contribution in [0.1, 0.15) is 48.2 Å². The second kappa shape index (κ2) is 10.9. The third-order valence-electron chi connectivity index (χ3n) is 6.10. The molecule has 2 aromatic rings. The Morgan fingerprint density at radius 2 is 1.73 bits per heavy atom. The highest BCUT2D eigenvalue weighted by atomic mass is 16.5. The number of amides is 4. The molecule has 8 heteroatoms. The minimum Gasteiger partial charge on any atom is -0.326 e. The molecule has 174 valence electrons. The first-order valence-corrected chi connectivity index (χ1v) is 11.1. The number of hydroxylamine groups is 1. The highest BCUT2D eigenvalue weighted by Crippen LogP contribution is 2.22. The van der Waals surface area contributed by atoms with Gasteiger partial charge in [0, 0.05) is 12.0 Å². The number of ketones is 1. The lowest BCUT2D eigenvalue weighted by Gasteiger charge is -2.28. The van der Waals surface area contributed by atoms with E-state index in [-0.39, 0.29) is 11.7 Å². The zero-order chi connectivity index (χ0) is 24.0. The van der Waals surface area contributed by atoms with E-state index in [4.69, 9.17) is 5.21 Å². The number of nitrogens with zero attached hydrogens (tertiary/aromatic N) is 1. The van der Waals surface area contributed by atoms with E-state index < -0.39 is 29.9 Å². The number of urea groups is 1. The number of Topliss-reactive ketones (excluding diaryl/α,β-unsaturated/α-hetero) is 1. The van der Waals surface area contributed by atoms with Gasteiger partial charge in [0.2, 0.25) is 0 Å². The summed E-state index contributed by atoms with van der Waals surface area (Å²) in [5, 5.41) is 11.7. The molecule has 1 fully saturated rings. The number of rotatable bonds is 10. The average Bonchev–Trinajstić information content (AvgIpc) is 3.11. The van der Waals surface area contributed by atoms with Crippen LogP contribution in [0.3, 0.4) is 0 Å². The monoisotopic (exact) mass is 451 g/mol. The summed E-state index contributed by atoms with van der Waals surface area (Å²) in [5.74, 6) is -1.56. The van der Waals surface area contributed by atoms with Gasteiger partial charge in [-0.15, -0.1) is 0 Å². The van der Waals surface area contributed by atoms with E-state index in [1.54, 1.807) is 24.5 Å². The third kappa shape index (κ3) is 5.64. The molecule has 0 spiro atoms. The van der Waals surface area contributed by atoms with Crippen molar-refractivity contribution in [3.05, 3.63) is 71.3 Å². The number of hydrogen-bond acceptors (Lipinski definition) is 5. The van der Waals surface area contributed by atoms with Gasteiger partial charge in [-0.3, -0.25) is 19.6 Å². The minimum absolute atomic E-state index is 0.0277. The van der Waals surface area contributed by atoms with Crippen LogP contribution < -0.4 is 10.8 Å². The second-order valence-corrected chi connectivity index (χ2v) is 8.34. The van der Waals surface area contributed by atoms with Crippen LogP contribution in [0.4, 0.5) is 4.79 Å². The molecule has 4 amide bonds. The smallest absolute Gasteiger partial charge is 0.325 e. The van der Waals surface area contributed by atoms with Gasteiger partial charge in [0.05, 0.1) is 0 Å². The molecule has 1 aliphatic rings. The number of aryl methyl sites for hydroxylation is 1. The van der Waals surface area contributed by atoms with Crippen LogP contribution >= 0.6 is 0 Å². The van der Waals surface area contributed by atoms with E-state index in [1.807, 2.05) is 49.4 Å². The highest BCUT2D eigenvalue weighted by molar-refractivity contribution is 6.07. The molecule has 3 unspecified atom stereocenters. The zero-order valence-corrected chi connectivity index (χ0v) is 18.8. The number of carbonyl (C=O) groups is 4. The van der Waals surface area contributed by atoms with Gasteiger partial charge in [-0.2, -0.15) is 0 Å². The van der Waals surface area contributed by atoms with Crippen molar-refractivity contribution in [1.82, 2.24) is 15.7 Å². The fourth-order valence-corrected chi connectivity index (χ4v) is 3.98. The lowest BCUT2D eigenvalue weighted by Crippen LogP contribution is -2.52. The predicted octanol–water partition coefficient (Wildman–Crippen LogP) is 2.89. The van der Waals surface area contributed by atoms with Crippen molar-refractivity contribution in [2.75, 3.05) is 0 Å². The molecule has 1 aliphatic heterocycles. The Labute approximate surface area is 192 Å². The molecule has 0 radical (unpaired) electrons. The Morgan fingerprint density at radius 3 is 2.33 bits per heavy atom. The van der Waals surface area contributed by atoms with E-state index in [9.17, 15) is 19.2 Å². The van der Waals surface area contributed by atoms with Gasteiger partial charge in [0.25, 0.3) is 11.8 Å². The van der Waals surface area contributed by atoms with Gasteiger partial charge in [-0.1, -0.05) is 74.9 Å². The Kier molecular flexibility index (Phi) is 7.95. The van der Waals surface area contributed by atoms with Gasteiger partial charge < -0.3 is 5.32 Å². The molecule has 33 heavy (non-hydrogen) atoms. The summed E-state index contributed by atoms with van der Waals surface area (Å²) in [6, 6.07) is 14.3. The lowest BCUT2D eigenvalue weighted by molar-refractivity contribution is -0.142. The van der Waals surface area contributed by atoms with E-state index in [0.29, 0.717) is 31.2 Å². The van der Waals surface area contributed by atoms with Crippen molar-refractivity contribution in [3.63, 3.8) is 0 Å². The Balaban J connectivity index is 1.60. The summed E-state index contributed by atoms with van der Waals surface area (Å²) in [6.45, 7) is 3.58. The van der Waals surface area contributed by atoms with Gasteiger partial charge in [0.15, 0.2) is 5.78 Å². The zero-order valence-electron chi connectivity index (χ0n) is 18.8. The Hall–Kier alpha value is -3.52. The van der Waals surface area contributed by atoms with E-state index >= 15 is 0 Å². The molecular weight excluding hydrogens is 422 g/mol. The van der Waals surface area contributed by atoms with Crippen LogP contribution in [-0.2, 0) is 22.4 Å². The number of hydrogen-bond donors (Lipinski definition) is 3. The fraction of sp³-hybridized carbons (Fsp3) is 0.360. The molecule has 1 saturated heterocycles. The van der Waals surface area contributed by atoms with Crippen LogP contribution in [0.25, 0.3) is 0 Å². The molecule has 0 aliphatic carbocycles. The fourth-order valence-electron chi connectivity index (χ4n) is 3.98. The van der Waals surface area contributed by atoms with Crippen molar-refractivity contribution < 1.29 is 24.4 Å². The minimum atomic E-state index is -1.08. The first-order chi connectivity index (χ1) is 15.8. The topological polar surface area (TPSA) is 116 Å². The van der Waals surface area contributed by atoms with Crippen LogP contribution in [0.15, 0.2) is 54.6 Å². The number of carbonyl (C=O) groups excluding carboxylic acids is 4. The molecule has 3 N–H and O–H groups in total. The SMILES string of the molecule is CCC(C)C(C(=O)NO)N1C(=O)NC(CCc2ccc(C(=O)Cc3ccccc3)cc2)C1=O. The van der Waals surface area contributed by atoms with Gasteiger partial charge in [0.1, 0.15) is 12.1 Å². The van der Waals surface area contributed by atoms with Crippen molar-refractivity contribution in [2.24, 2.45) is 5.92 Å². The lowest BCUT2D eigenvalue weighted by atomic mass is 9.96. The second-order valence-electron chi connectivity index (χ2n) is 8.34. The normalized spacial score (nSPS) is 17.4. The number of benzene rings is 2. The van der Waals surface area contributed by atoms with Gasteiger partial charge in [-0.05, 0) is 29.9 Å². The average molecular weight is 452 g/mol. The van der Waals surface area contributed by atoms with Crippen LogP contribution in [0, 0.1) is 5.92 Å². The summed E-state index contributed by atoms with van der Waals surface area (Å²) in [6.07, 6.45) is 1.75. The number of nitrogens with one attached hydrogen (secondary N) is 2.